The highest BCUT2D eigenvalue weighted by Crippen LogP contribution is 2.52. The Bertz CT molecular complexity index is 4740. The number of hydrogen-bond acceptors (Lipinski definition) is 6. The van der Waals surface area contributed by atoms with Crippen LogP contribution in [0.4, 0.5) is 0 Å². The van der Waals surface area contributed by atoms with E-state index in [4.69, 9.17) is 27.0 Å². The molecule has 0 N–H and O–H groups in total. The summed E-state index contributed by atoms with van der Waals surface area (Å²) in [6, 6.07) is 85.3. The predicted molar refractivity (Wildman–Crippen MR) is 511 cm³/mol. The Morgan fingerprint density at radius 2 is 0.466 bits per heavy atom. The summed E-state index contributed by atoms with van der Waals surface area (Å²) < 4.78 is 44.0. The Labute approximate surface area is 718 Å². The third kappa shape index (κ3) is 18.5. The van der Waals surface area contributed by atoms with E-state index in [2.05, 4.69) is 440 Å². The number of hydrogen-bond donors (Lipinski definition) is 0. The molecule has 8 aromatic rings. The van der Waals surface area contributed by atoms with Gasteiger partial charge in [-0.15, -0.1) is 0 Å². The summed E-state index contributed by atoms with van der Waals surface area (Å²) in [6.07, 6.45) is 18.6. The van der Waals surface area contributed by atoms with Gasteiger partial charge in [-0.1, -0.05) is 327 Å². The van der Waals surface area contributed by atoms with E-state index >= 15 is 0 Å². The first-order valence-corrected chi connectivity index (χ1v) is 54.9. The van der Waals surface area contributed by atoms with Crippen LogP contribution in [-0.4, -0.2) is 51.6 Å². The van der Waals surface area contributed by atoms with Crippen molar-refractivity contribution in [2.75, 3.05) is 0 Å². The van der Waals surface area contributed by atoms with Crippen molar-refractivity contribution in [3.63, 3.8) is 0 Å². The van der Waals surface area contributed by atoms with E-state index in [1.165, 1.54) is 38.9 Å². The first kappa shape index (κ1) is 91.3. The highest BCUT2D eigenvalue weighted by Gasteiger charge is 2.53. The van der Waals surface area contributed by atoms with Crippen molar-refractivity contribution in [2.24, 2.45) is 0 Å². The SMILES string of the molecule is CC[Si](CC)(CC)OC1(c2ccc(C#CC#Cc3ccc(C4(O[Si](CC)(CC)CC)C=CC(O[Si](CC)(CC)CC)(c5ccc(-c6ccc(C(c7ccc(C(C)(C)C)cc7)(c7ccc(C(C)(C)C)cc7)c7ccc(C(C)(C)C)cc7)cc6)cc5)C=C4)cc3)cc2)C=CC(O[Si](CC)(CC)CC)(c2ccc(B3OC(C)(C)C(C)(C)O3)cc2)C=C1. The fourth-order valence-electron chi connectivity index (χ4n) is 18.0. The Hall–Kier alpha value is -7.47. The monoisotopic (exact) mass is 1640 g/mol. The second-order valence-corrected chi connectivity index (χ2v) is 56.9. The molecular formula is C107H139BO6Si4. The highest BCUT2D eigenvalue weighted by molar-refractivity contribution is 6.75. The molecule has 11 rings (SSSR count). The van der Waals surface area contributed by atoms with Crippen molar-refractivity contribution >= 4 is 45.9 Å². The molecule has 0 saturated carbocycles. The van der Waals surface area contributed by atoms with Gasteiger partial charge < -0.3 is 27.0 Å². The van der Waals surface area contributed by atoms with Gasteiger partial charge in [-0.3, -0.25) is 0 Å². The van der Waals surface area contributed by atoms with E-state index in [1.54, 1.807) is 0 Å². The molecule has 0 aromatic heterocycles. The summed E-state index contributed by atoms with van der Waals surface area (Å²) in [4.78, 5) is 0. The van der Waals surface area contributed by atoms with Crippen molar-refractivity contribution in [3.8, 4) is 34.8 Å². The molecule has 11 heteroatoms. The molecular weight excluding hydrogens is 1500 g/mol. The van der Waals surface area contributed by atoms with Crippen molar-refractivity contribution in [1.82, 2.24) is 0 Å². The van der Waals surface area contributed by atoms with E-state index in [-0.39, 0.29) is 16.2 Å². The minimum absolute atomic E-state index is 0.00834. The van der Waals surface area contributed by atoms with Crippen LogP contribution < -0.4 is 5.46 Å². The molecule has 0 unspecified atom stereocenters. The van der Waals surface area contributed by atoms with Crippen LogP contribution in [0.3, 0.4) is 0 Å². The topological polar surface area (TPSA) is 55.4 Å². The third-order valence-electron chi connectivity index (χ3n) is 28.2. The Balaban J connectivity index is 0.894. The normalized spacial score (nSPS) is 20.2. The van der Waals surface area contributed by atoms with Gasteiger partial charge in [0, 0.05) is 11.1 Å². The van der Waals surface area contributed by atoms with Crippen LogP contribution in [0, 0.1) is 23.7 Å². The van der Waals surface area contributed by atoms with E-state index in [1.807, 2.05) is 0 Å². The van der Waals surface area contributed by atoms with Crippen molar-refractivity contribution in [2.45, 2.75) is 301 Å². The molecule has 2 aliphatic carbocycles. The van der Waals surface area contributed by atoms with Gasteiger partial charge in [-0.25, -0.2) is 0 Å². The average Bonchev–Trinajstić information content (AvgIpc) is 1.05. The maximum atomic E-state index is 7.85. The molecule has 0 amide bonds. The van der Waals surface area contributed by atoms with Crippen LogP contribution in [0.15, 0.2) is 243 Å². The Morgan fingerprint density at radius 1 is 0.271 bits per heavy atom. The van der Waals surface area contributed by atoms with E-state index in [0.717, 1.165) is 122 Å². The van der Waals surface area contributed by atoms with Gasteiger partial charge in [-0.05, 0) is 279 Å². The molecule has 8 aromatic carbocycles. The average molecular weight is 1640 g/mol. The predicted octanol–water partition coefficient (Wildman–Crippen LogP) is 27.9. The van der Waals surface area contributed by atoms with E-state index in [9.17, 15) is 0 Å². The molecule has 0 atom stereocenters. The lowest BCUT2D eigenvalue weighted by Gasteiger charge is -2.46. The van der Waals surface area contributed by atoms with Crippen LogP contribution in [0.5, 0.6) is 0 Å². The third-order valence-corrected chi connectivity index (χ3v) is 46.7. The second-order valence-electron chi connectivity index (χ2n) is 38.1. The van der Waals surface area contributed by atoms with Crippen LogP contribution in [0.1, 0.15) is 245 Å². The largest absolute Gasteiger partial charge is 0.494 e. The summed E-state index contributed by atoms with van der Waals surface area (Å²) >= 11 is 0. The summed E-state index contributed by atoms with van der Waals surface area (Å²) in [7, 11) is -9.36. The van der Waals surface area contributed by atoms with Gasteiger partial charge >= 0.3 is 7.12 Å². The maximum absolute atomic E-state index is 7.85. The van der Waals surface area contributed by atoms with E-state index in [0.29, 0.717) is 0 Å². The molecule has 3 aliphatic rings. The molecule has 0 spiro atoms. The van der Waals surface area contributed by atoms with Gasteiger partial charge in [-0.2, -0.15) is 0 Å². The highest BCUT2D eigenvalue weighted by atomic mass is 28.4. The van der Waals surface area contributed by atoms with Crippen LogP contribution in [0.25, 0.3) is 11.1 Å². The molecule has 1 aliphatic heterocycles. The summed E-state index contributed by atoms with van der Waals surface area (Å²) in [6.45, 7) is 56.9. The summed E-state index contributed by atoms with van der Waals surface area (Å²) in [5.74, 6) is 13.3. The van der Waals surface area contributed by atoms with Crippen LogP contribution in [-0.2, 0) is 71.1 Å². The van der Waals surface area contributed by atoms with Gasteiger partial charge in [0.1, 0.15) is 22.4 Å². The lowest BCUT2D eigenvalue weighted by atomic mass is 9.64. The quantitative estimate of drug-likeness (QED) is 0.0194. The van der Waals surface area contributed by atoms with Crippen molar-refractivity contribution < 1.29 is 27.0 Å². The fourth-order valence-corrected chi connectivity index (χ4v) is 29.6. The molecule has 1 fully saturated rings. The number of rotatable bonds is 30. The lowest BCUT2D eigenvalue weighted by Crippen LogP contribution is -2.48. The zero-order valence-corrected chi connectivity index (χ0v) is 80.6. The number of benzene rings is 8. The molecule has 1 heterocycles. The minimum atomic E-state index is -2.26. The molecule has 622 valence electrons. The zero-order chi connectivity index (χ0) is 85.7. The molecule has 6 nitrogen and oxygen atoms in total. The molecule has 118 heavy (non-hydrogen) atoms. The second kappa shape index (κ2) is 35.9. The van der Waals surface area contributed by atoms with Crippen molar-refractivity contribution in [1.29, 1.82) is 0 Å². The summed E-state index contributed by atoms with van der Waals surface area (Å²) in [5, 5.41) is 0. The standard InChI is InChI=1S/C107H139BO6Si4/c1-26-115(27-2,28-3)111-103(89-50-42-82(43-51-89)40-38-39-41-83-44-52-90(53-45-83)104(112-116(29-4,30-5)31-6)76-80-106(81-77-104,114-118(35-10,36-11)37-12)92-70-72-97(73-71-92)108-109-101(22,23)102(24,25)110-108)74-78-105(79-75-103,113-117(32-7,33-8)34-9)91-54-46-84(47-55-91)85-48-56-93(57-49-85)107(94-64-58-86(59-65-94)98(13,14)15,95-66-60-87(61-67-95)99(16,17)18)96-68-62-88(63-69-96)100(19,20)21/h42-81H,26-37H2,1-25H3. The first-order chi connectivity index (χ1) is 55.9. The van der Waals surface area contributed by atoms with E-state index < -0.39 is 79.4 Å². The Morgan fingerprint density at radius 3 is 0.686 bits per heavy atom. The summed E-state index contributed by atoms with van der Waals surface area (Å²) in [5.41, 5.74) is 13.6. The maximum Gasteiger partial charge on any atom is 0.494 e. The smallest absolute Gasteiger partial charge is 0.401 e. The van der Waals surface area contributed by atoms with Gasteiger partial charge in [0.05, 0.1) is 16.6 Å². The van der Waals surface area contributed by atoms with Gasteiger partial charge in [0.15, 0.2) is 33.3 Å². The van der Waals surface area contributed by atoms with Crippen LogP contribution >= 0.6 is 0 Å². The molecule has 1 saturated heterocycles. The first-order valence-electron chi connectivity index (χ1n) is 44.7. The molecule has 0 radical (unpaired) electrons. The Kier molecular flexibility index (Phi) is 27.8. The molecule has 0 bridgehead atoms. The van der Waals surface area contributed by atoms with Crippen LogP contribution in [0.2, 0.25) is 72.5 Å². The van der Waals surface area contributed by atoms with Gasteiger partial charge in [0.2, 0.25) is 0 Å². The van der Waals surface area contributed by atoms with Crippen molar-refractivity contribution in [3.05, 3.63) is 315 Å². The fraction of sp³-hybridized carbons (Fsp3) is 0.439. The zero-order valence-electron chi connectivity index (χ0n) is 76.6. The minimum Gasteiger partial charge on any atom is -0.401 e. The van der Waals surface area contributed by atoms with Gasteiger partial charge in [0.25, 0.3) is 0 Å². The lowest BCUT2D eigenvalue weighted by molar-refractivity contribution is 0.00578.